The van der Waals surface area contributed by atoms with Crippen molar-refractivity contribution < 1.29 is 10.1 Å². The van der Waals surface area contributed by atoms with Crippen LogP contribution in [0, 0.1) is 17.2 Å². The summed E-state index contributed by atoms with van der Waals surface area (Å²) in [7, 11) is 0. The van der Waals surface area contributed by atoms with Crippen LogP contribution in [-0.4, -0.2) is 12.5 Å². The molecule has 1 heterocycles. The van der Waals surface area contributed by atoms with Crippen LogP contribution in [0.1, 0.15) is 56.3 Å². The molecule has 0 aliphatic heterocycles. The topological polar surface area (TPSA) is 69.5 Å². The molecule has 2 rings (SSSR count). The van der Waals surface area contributed by atoms with Gasteiger partial charge in [-0.05, 0) is 22.9 Å². The fourth-order valence-corrected chi connectivity index (χ4v) is 3.56. The van der Waals surface area contributed by atoms with Crippen LogP contribution in [0.4, 0.5) is 5.00 Å². The van der Waals surface area contributed by atoms with Crippen molar-refractivity contribution in [1.82, 2.24) is 0 Å². The van der Waals surface area contributed by atoms with Crippen LogP contribution in [0.5, 0.6) is 0 Å². The fourth-order valence-electron chi connectivity index (χ4n) is 2.80. The number of amides is 1. The SMILES string of the molecule is CC(C)c1ccc([C@@H]([NH2+]CC(=O)Nc2sccc2C#N)C(C)C)cc1. The van der Waals surface area contributed by atoms with E-state index in [4.69, 9.17) is 5.26 Å². The molecule has 0 saturated heterocycles. The lowest BCUT2D eigenvalue weighted by molar-refractivity contribution is -0.692. The normalized spacial score (nSPS) is 12.2. The zero-order valence-corrected chi connectivity index (χ0v) is 16.1. The van der Waals surface area contributed by atoms with E-state index in [1.165, 1.54) is 22.5 Å². The zero-order chi connectivity index (χ0) is 18.4. The molecular weight excluding hydrogens is 330 g/mol. The van der Waals surface area contributed by atoms with Gasteiger partial charge in [-0.15, -0.1) is 11.3 Å². The Morgan fingerprint density at radius 2 is 1.80 bits per heavy atom. The third-order valence-electron chi connectivity index (χ3n) is 4.30. The molecule has 132 valence electrons. The number of hydrogen-bond acceptors (Lipinski definition) is 3. The van der Waals surface area contributed by atoms with E-state index >= 15 is 0 Å². The minimum absolute atomic E-state index is 0.0802. The Hall–Kier alpha value is -2.16. The van der Waals surface area contributed by atoms with Crippen LogP contribution in [-0.2, 0) is 4.79 Å². The Balaban J connectivity index is 1.99. The van der Waals surface area contributed by atoms with Gasteiger partial charge in [-0.2, -0.15) is 5.26 Å². The summed E-state index contributed by atoms with van der Waals surface area (Å²) in [6.07, 6.45) is 0. The molecule has 0 fully saturated rings. The zero-order valence-electron chi connectivity index (χ0n) is 15.2. The number of nitriles is 1. The first-order valence-corrected chi connectivity index (χ1v) is 9.51. The number of nitrogens with one attached hydrogen (secondary N) is 1. The Morgan fingerprint density at radius 3 is 2.36 bits per heavy atom. The summed E-state index contributed by atoms with van der Waals surface area (Å²) < 4.78 is 0. The largest absolute Gasteiger partial charge is 0.332 e. The quantitative estimate of drug-likeness (QED) is 0.795. The molecule has 1 aromatic heterocycles. The van der Waals surface area contributed by atoms with Gasteiger partial charge in [0.25, 0.3) is 5.91 Å². The van der Waals surface area contributed by atoms with Gasteiger partial charge in [0.05, 0.1) is 5.56 Å². The predicted molar refractivity (Wildman–Crippen MR) is 103 cm³/mol. The third kappa shape index (κ3) is 5.15. The second-order valence-electron chi connectivity index (χ2n) is 6.85. The van der Waals surface area contributed by atoms with E-state index in [0.717, 1.165) is 0 Å². The number of anilines is 1. The summed E-state index contributed by atoms with van der Waals surface area (Å²) in [6, 6.07) is 12.7. The Kier molecular flexibility index (Phi) is 6.74. The second kappa shape index (κ2) is 8.80. The lowest BCUT2D eigenvalue weighted by atomic mass is 9.93. The van der Waals surface area contributed by atoms with E-state index in [1.807, 2.05) is 5.38 Å². The highest BCUT2D eigenvalue weighted by atomic mass is 32.1. The summed E-state index contributed by atoms with van der Waals surface area (Å²) in [4.78, 5) is 12.2. The first-order valence-electron chi connectivity index (χ1n) is 8.63. The van der Waals surface area contributed by atoms with Crippen molar-refractivity contribution in [2.45, 2.75) is 39.7 Å². The minimum atomic E-state index is -0.0802. The average molecular weight is 357 g/mol. The van der Waals surface area contributed by atoms with Crippen LogP contribution in [0.15, 0.2) is 35.7 Å². The Bertz CT molecular complexity index is 741. The average Bonchev–Trinajstić information content (AvgIpc) is 3.02. The lowest BCUT2D eigenvalue weighted by Crippen LogP contribution is -2.88. The molecule has 1 aromatic carbocycles. The number of carbonyl (C=O) groups excluding carboxylic acids is 1. The smallest absolute Gasteiger partial charge is 0.280 e. The number of quaternary nitrogens is 1. The number of nitrogens with two attached hydrogens (primary N) is 1. The molecule has 0 aliphatic rings. The molecule has 0 spiro atoms. The predicted octanol–water partition coefficient (Wildman–Crippen LogP) is 3.64. The number of hydrogen-bond donors (Lipinski definition) is 2. The van der Waals surface area contributed by atoms with Gasteiger partial charge in [-0.3, -0.25) is 4.79 Å². The first-order chi connectivity index (χ1) is 11.9. The van der Waals surface area contributed by atoms with E-state index in [9.17, 15) is 4.79 Å². The molecule has 1 atom stereocenters. The van der Waals surface area contributed by atoms with Gasteiger partial charge in [0.15, 0.2) is 6.54 Å². The van der Waals surface area contributed by atoms with Crippen LogP contribution in [0.3, 0.4) is 0 Å². The summed E-state index contributed by atoms with van der Waals surface area (Å²) >= 11 is 1.38. The number of thiophene rings is 1. The molecular formula is C20H26N3OS+. The van der Waals surface area contributed by atoms with Crippen molar-refractivity contribution in [1.29, 1.82) is 5.26 Å². The van der Waals surface area contributed by atoms with Crippen molar-refractivity contribution in [3.63, 3.8) is 0 Å². The molecule has 0 aliphatic carbocycles. The molecule has 25 heavy (non-hydrogen) atoms. The third-order valence-corrected chi connectivity index (χ3v) is 5.13. The maximum Gasteiger partial charge on any atom is 0.280 e. The van der Waals surface area contributed by atoms with E-state index in [1.54, 1.807) is 6.07 Å². The molecule has 5 heteroatoms. The van der Waals surface area contributed by atoms with Gasteiger partial charge in [0.2, 0.25) is 0 Å². The highest BCUT2D eigenvalue weighted by Crippen LogP contribution is 2.22. The number of carbonyl (C=O) groups is 1. The molecule has 2 aromatic rings. The number of nitrogens with zero attached hydrogens (tertiary/aromatic N) is 1. The number of rotatable bonds is 7. The van der Waals surface area contributed by atoms with Crippen molar-refractivity contribution in [3.05, 3.63) is 52.4 Å². The number of benzene rings is 1. The fraction of sp³-hybridized carbons (Fsp3) is 0.400. The van der Waals surface area contributed by atoms with Gasteiger partial charge in [0.1, 0.15) is 17.1 Å². The maximum atomic E-state index is 12.2. The summed E-state index contributed by atoms with van der Waals surface area (Å²) in [5.41, 5.74) is 3.08. The van der Waals surface area contributed by atoms with Gasteiger partial charge in [-0.25, -0.2) is 0 Å². The summed E-state index contributed by atoms with van der Waals surface area (Å²) in [6.45, 7) is 9.04. The molecule has 0 bridgehead atoms. The van der Waals surface area contributed by atoms with Crippen molar-refractivity contribution in [3.8, 4) is 6.07 Å². The van der Waals surface area contributed by atoms with Crippen molar-refractivity contribution >= 4 is 22.2 Å². The van der Waals surface area contributed by atoms with Crippen LogP contribution in [0.2, 0.25) is 0 Å². The first kappa shape index (κ1) is 19.2. The molecule has 0 unspecified atom stereocenters. The highest BCUT2D eigenvalue weighted by molar-refractivity contribution is 7.14. The Labute approximate surface area is 153 Å². The second-order valence-corrected chi connectivity index (χ2v) is 7.77. The van der Waals surface area contributed by atoms with E-state index in [-0.39, 0.29) is 11.9 Å². The molecule has 1 amide bonds. The summed E-state index contributed by atoms with van der Waals surface area (Å²) in [5, 5.41) is 16.4. The monoisotopic (exact) mass is 356 g/mol. The van der Waals surface area contributed by atoms with Gasteiger partial charge in [0, 0.05) is 11.5 Å². The maximum absolute atomic E-state index is 12.2. The van der Waals surface area contributed by atoms with E-state index < -0.39 is 0 Å². The Morgan fingerprint density at radius 1 is 1.16 bits per heavy atom. The van der Waals surface area contributed by atoms with Crippen LogP contribution < -0.4 is 10.6 Å². The van der Waals surface area contributed by atoms with Gasteiger partial charge in [-0.1, -0.05) is 52.0 Å². The lowest BCUT2D eigenvalue weighted by Gasteiger charge is -2.20. The minimum Gasteiger partial charge on any atom is -0.332 e. The molecule has 3 N–H and O–H groups in total. The van der Waals surface area contributed by atoms with Gasteiger partial charge < -0.3 is 10.6 Å². The van der Waals surface area contributed by atoms with Crippen molar-refractivity contribution in [2.24, 2.45) is 5.92 Å². The van der Waals surface area contributed by atoms with Crippen LogP contribution in [0.25, 0.3) is 0 Å². The van der Waals surface area contributed by atoms with Crippen molar-refractivity contribution in [2.75, 3.05) is 11.9 Å². The van der Waals surface area contributed by atoms with E-state index in [0.29, 0.717) is 28.9 Å². The standard InChI is InChI=1S/C20H25N3OS/c1-13(2)15-5-7-16(8-6-15)19(14(3)4)22-12-18(24)23-20-17(11-21)9-10-25-20/h5-10,13-14,19,22H,12H2,1-4H3,(H,23,24)/p+1/t19-/m0/s1. The van der Waals surface area contributed by atoms with Crippen LogP contribution >= 0.6 is 11.3 Å². The van der Waals surface area contributed by atoms with Gasteiger partial charge >= 0.3 is 0 Å². The molecule has 0 saturated carbocycles. The van der Waals surface area contributed by atoms with E-state index in [2.05, 4.69) is 68.7 Å². The highest BCUT2D eigenvalue weighted by Gasteiger charge is 2.21. The molecule has 0 radical (unpaired) electrons. The molecule has 4 nitrogen and oxygen atoms in total. The summed E-state index contributed by atoms with van der Waals surface area (Å²) in [5.74, 6) is 0.846.